The fourth-order valence-corrected chi connectivity index (χ4v) is 3.80. The molecule has 176 valence electrons. The van der Waals surface area contributed by atoms with E-state index < -0.39 is 17.7 Å². The fraction of sp³-hybridized carbons (Fsp3) is 0.500. The molecule has 0 amide bonds. The van der Waals surface area contributed by atoms with E-state index in [9.17, 15) is 13.9 Å². The number of nitrogens with zero attached hydrogens (tertiary/aromatic N) is 2. The molecule has 0 bridgehead atoms. The minimum atomic E-state index is -0.593. The molecule has 1 saturated heterocycles. The van der Waals surface area contributed by atoms with Crippen LogP contribution in [0, 0.1) is 11.6 Å². The highest BCUT2D eigenvalue weighted by Gasteiger charge is 2.19. The van der Waals surface area contributed by atoms with E-state index in [-0.39, 0.29) is 18.7 Å². The molecule has 2 aromatic rings. The molecule has 1 aliphatic heterocycles. The maximum absolute atomic E-state index is 13.7. The smallest absolute Gasteiger partial charge is 0.161 e. The van der Waals surface area contributed by atoms with Gasteiger partial charge in [-0.2, -0.15) is 0 Å². The van der Waals surface area contributed by atoms with Crippen LogP contribution in [-0.4, -0.2) is 74.0 Å². The summed E-state index contributed by atoms with van der Waals surface area (Å²) in [4.78, 5) is 4.65. The Labute approximate surface area is 188 Å². The lowest BCUT2D eigenvalue weighted by atomic mass is 10.1. The lowest BCUT2D eigenvalue weighted by molar-refractivity contribution is 0.0464. The third-order valence-corrected chi connectivity index (χ3v) is 5.73. The van der Waals surface area contributed by atoms with E-state index in [4.69, 9.17) is 9.47 Å². The zero-order valence-electron chi connectivity index (χ0n) is 18.8. The molecule has 0 saturated carbocycles. The molecule has 2 N–H and O–H groups in total. The summed E-state index contributed by atoms with van der Waals surface area (Å²) in [6.45, 7) is 8.42. The first-order valence-corrected chi connectivity index (χ1v) is 11.1. The van der Waals surface area contributed by atoms with Crippen LogP contribution in [-0.2, 0) is 13.1 Å². The van der Waals surface area contributed by atoms with E-state index in [1.807, 2.05) is 12.1 Å². The fourth-order valence-electron chi connectivity index (χ4n) is 3.80. The number of nitrogens with one attached hydrogen (secondary N) is 1. The Hall–Kier alpha value is -2.26. The van der Waals surface area contributed by atoms with Crippen LogP contribution in [0.25, 0.3) is 0 Å². The monoisotopic (exact) mass is 449 g/mol. The van der Waals surface area contributed by atoms with Gasteiger partial charge in [-0.3, -0.25) is 4.90 Å². The van der Waals surface area contributed by atoms with Gasteiger partial charge in [0.2, 0.25) is 0 Å². The molecule has 32 heavy (non-hydrogen) atoms. The number of β-amino-alcohol motifs (C(OH)–C–C–N with tert-alkyl or cyclic N) is 1. The number of halogens is 2. The Morgan fingerprint density at radius 2 is 1.69 bits per heavy atom. The molecule has 0 spiro atoms. The van der Waals surface area contributed by atoms with Crippen molar-refractivity contribution in [2.24, 2.45) is 0 Å². The minimum absolute atomic E-state index is 0.0181. The summed E-state index contributed by atoms with van der Waals surface area (Å²) in [6.07, 6.45) is -0.593. The SMILES string of the molecule is CCN1CCN(C[C@@H](O)COc2ccc(CNCc3c(F)cccc3F)cc2OC)CC1. The third-order valence-electron chi connectivity index (χ3n) is 5.73. The van der Waals surface area contributed by atoms with Gasteiger partial charge >= 0.3 is 0 Å². The molecule has 0 aromatic heterocycles. The number of aliphatic hydroxyl groups is 1. The average Bonchev–Trinajstić information content (AvgIpc) is 2.80. The first-order chi connectivity index (χ1) is 15.5. The summed E-state index contributed by atoms with van der Waals surface area (Å²) in [5.74, 6) is -0.0364. The lowest BCUT2D eigenvalue weighted by Gasteiger charge is -2.34. The van der Waals surface area contributed by atoms with Gasteiger partial charge in [0.05, 0.1) is 7.11 Å². The summed E-state index contributed by atoms with van der Waals surface area (Å²) in [5.41, 5.74) is 0.907. The van der Waals surface area contributed by atoms with Gasteiger partial charge < -0.3 is 24.8 Å². The largest absolute Gasteiger partial charge is 0.493 e. The zero-order valence-corrected chi connectivity index (χ0v) is 18.8. The quantitative estimate of drug-likeness (QED) is 0.550. The van der Waals surface area contributed by atoms with Gasteiger partial charge in [0.25, 0.3) is 0 Å². The van der Waals surface area contributed by atoms with Gasteiger partial charge in [-0.15, -0.1) is 0 Å². The van der Waals surface area contributed by atoms with Crippen molar-refractivity contribution in [2.75, 3.05) is 53.0 Å². The number of aliphatic hydroxyl groups excluding tert-OH is 1. The van der Waals surface area contributed by atoms with Crippen LogP contribution in [0.3, 0.4) is 0 Å². The molecule has 3 rings (SSSR count). The number of methoxy groups -OCH3 is 1. The van der Waals surface area contributed by atoms with Gasteiger partial charge in [-0.25, -0.2) is 8.78 Å². The number of hydrogen-bond acceptors (Lipinski definition) is 6. The summed E-state index contributed by atoms with van der Waals surface area (Å²) >= 11 is 0. The predicted molar refractivity (Wildman–Crippen MR) is 120 cm³/mol. The summed E-state index contributed by atoms with van der Waals surface area (Å²) in [6, 6.07) is 9.30. The minimum Gasteiger partial charge on any atom is -0.493 e. The summed E-state index contributed by atoms with van der Waals surface area (Å²) < 4.78 is 38.7. The van der Waals surface area contributed by atoms with Gasteiger partial charge in [0.1, 0.15) is 24.3 Å². The first kappa shape index (κ1) is 24.4. The van der Waals surface area contributed by atoms with Crippen molar-refractivity contribution in [3.8, 4) is 11.5 Å². The molecular formula is C24H33F2N3O3. The Morgan fingerprint density at radius 1 is 1.00 bits per heavy atom. The second kappa shape index (κ2) is 12.1. The van der Waals surface area contributed by atoms with E-state index in [2.05, 4.69) is 22.0 Å². The number of benzene rings is 2. The Kier molecular flexibility index (Phi) is 9.23. The van der Waals surface area contributed by atoms with Crippen molar-refractivity contribution >= 4 is 0 Å². The summed E-state index contributed by atoms with van der Waals surface area (Å²) in [7, 11) is 1.55. The van der Waals surface area contributed by atoms with E-state index in [1.165, 1.54) is 18.2 Å². The van der Waals surface area contributed by atoms with Gasteiger partial charge in [0.15, 0.2) is 11.5 Å². The van der Waals surface area contributed by atoms with E-state index in [0.29, 0.717) is 24.6 Å². The average molecular weight is 450 g/mol. The molecule has 8 heteroatoms. The molecule has 0 aliphatic carbocycles. The topological polar surface area (TPSA) is 57.2 Å². The maximum Gasteiger partial charge on any atom is 0.161 e. The lowest BCUT2D eigenvalue weighted by Crippen LogP contribution is -2.49. The Bertz CT molecular complexity index is 840. The standard InChI is InChI=1S/C24H33F2N3O3/c1-3-28-9-11-29(12-10-28)16-19(30)17-32-23-8-7-18(13-24(23)31-2)14-27-15-20-21(25)5-4-6-22(20)26/h4-8,13,19,27,30H,3,9-12,14-17H2,1-2H3/t19-/m1/s1. The van der Waals surface area contributed by atoms with Crippen molar-refractivity contribution in [1.29, 1.82) is 0 Å². The van der Waals surface area contributed by atoms with Gasteiger partial charge in [-0.1, -0.05) is 19.1 Å². The maximum atomic E-state index is 13.7. The molecule has 1 fully saturated rings. The molecular weight excluding hydrogens is 416 g/mol. The number of rotatable bonds is 11. The normalized spacial score (nSPS) is 16.2. The van der Waals surface area contributed by atoms with Crippen LogP contribution in [0.15, 0.2) is 36.4 Å². The highest BCUT2D eigenvalue weighted by molar-refractivity contribution is 5.43. The van der Waals surface area contributed by atoms with Crippen LogP contribution in [0.4, 0.5) is 8.78 Å². The van der Waals surface area contributed by atoms with Crippen LogP contribution < -0.4 is 14.8 Å². The molecule has 0 radical (unpaired) electrons. The van der Waals surface area contributed by atoms with E-state index in [0.717, 1.165) is 38.3 Å². The second-order valence-corrected chi connectivity index (χ2v) is 7.99. The van der Waals surface area contributed by atoms with Gasteiger partial charge in [-0.05, 0) is 36.4 Å². The highest BCUT2D eigenvalue weighted by atomic mass is 19.1. The van der Waals surface area contributed by atoms with Crippen LogP contribution >= 0.6 is 0 Å². The van der Waals surface area contributed by atoms with Crippen molar-refractivity contribution in [3.63, 3.8) is 0 Å². The third kappa shape index (κ3) is 6.87. The van der Waals surface area contributed by atoms with Gasteiger partial charge in [0, 0.05) is 51.4 Å². The first-order valence-electron chi connectivity index (χ1n) is 11.1. The number of hydrogen-bond donors (Lipinski definition) is 2. The molecule has 6 nitrogen and oxygen atoms in total. The number of likely N-dealkylation sites (N-methyl/N-ethyl adjacent to an activating group) is 1. The molecule has 2 aromatic carbocycles. The zero-order chi connectivity index (χ0) is 22.9. The Morgan fingerprint density at radius 3 is 2.34 bits per heavy atom. The van der Waals surface area contributed by atoms with E-state index >= 15 is 0 Å². The Balaban J connectivity index is 1.47. The highest BCUT2D eigenvalue weighted by Crippen LogP contribution is 2.28. The molecule has 0 unspecified atom stereocenters. The van der Waals surface area contributed by atoms with E-state index in [1.54, 1.807) is 13.2 Å². The van der Waals surface area contributed by atoms with Crippen LogP contribution in [0.2, 0.25) is 0 Å². The summed E-state index contributed by atoms with van der Waals surface area (Å²) in [5, 5.41) is 13.4. The van der Waals surface area contributed by atoms with Crippen LogP contribution in [0.1, 0.15) is 18.1 Å². The van der Waals surface area contributed by atoms with Crippen molar-refractivity contribution in [3.05, 3.63) is 59.2 Å². The van der Waals surface area contributed by atoms with Crippen molar-refractivity contribution in [2.45, 2.75) is 26.1 Å². The number of piperazine rings is 1. The molecule has 1 heterocycles. The molecule has 1 atom stereocenters. The molecule has 1 aliphatic rings. The second-order valence-electron chi connectivity index (χ2n) is 7.99. The predicted octanol–water partition coefficient (Wildman–Crippen LogP) is 2.64. The van der Waals surface area contributed by atoms with Crippen LogP contribution in [0.5, 0.6) is 11.5 Å². The number of ether oxygens (including phenoxy) is 2. The van der Waals surface area contributed by atoms with Crippen molar-refractivity contribution < 1.29 is 23.4 Å². The van der Waals surface area contributed by atoms with Crippen molar-refractivity contribution in [1.82, 2.24) is 15.1 Å².